The Balaban J connectivity index is 1.82. The molecule has 0 aromatic heterocycles. The van der Waals surface area contributed by atoms with Crippen LogP contribution in [0.25, 0.3) is 0 Å². The predicted molar refractivity (Wildman–Crippen MR) is 90.4 cm³/mol. The van der Waals surface area contributed by atoms with Gasteiger partial charge in [0.25, 0.3) is 0 Å². The Hall–Kier alpha value is -1.59. The molecule has 0 radical (unpaired) electrons. The van der Waals surface area contributed by atoms with Crippen molar-refractivity contribution in [2.24, 2.45) is 5.92 Å². The minimum Gasteiger partial charge on any atom is -0.497 e. The number of aliphatic hydroxyl groups is 1. The van der Waals surface area contributed by atoms with Gasteiger partial charge in [-0.25, -0.2) is 0 Å². The first-order valence-electron chi connectivity index (χ1n) is 8.34. The number of nitrogens with one attached hydrogen (secondary N) is 1. The highest BCUT2D eigenvalue weighted by atomic mass is 16.5. The topological polar surface area (TPSA) is 61.8 Å². The molecule has 1 saturated heterocycles. The van der Waals surface area contributed by atoms with E-state index in [1.165, 1.54) is 0 Å². The van der Waals surface area contributed by atoms with Gasteiger partial charge in [-0.15, -0.1) is 0 Å². The van der Waals surface area contributed by atoms with Crippen molar-refractivity contribution in [3.8, 4) is 5.75 Å². The first kappa shape index (κ1) is 17.8. The van der Waals surface area contributed by atoms with Crippen LogP contribution in [-0.2, 0) is 4.79 Å². The SMILES string of the molecule is COc1cccc(C(O)CN2CCC(C(=O)NC(C)C)CC2)c1. The molecule has 5 nitrogen and oxygen atoms in total. The Labute approximate surface area is 138 Å². The number of rotatable bonds is 6. The average Bonchev–Trinajstić information content (AvgIpc) is 2.55. The third-order valence-electron chi connectivity index (χ3n) is 4.30. The van der Waals surface area contributed by atoms with Gasteiger partial charge in [-0.3, -0.25) is 4.79 Å². The molecule has 1 unspecified atom stereocenters. The molecular weight excluding hydrogens is 292 g/mol. The maximum absolute atomic E-state index is 12.0. The highest BCUT2D eigenvalue weighted by Gasteiger charge is 2.26. The summed E-state index contributed by atoms with van der Waals surface area (Å²) in [6, 6.07) is 7.73. The van der Waals surface area contributed by atoms with E-state index in [9.17, 15) is 9.90 Å². The standard InChI is InChI=1S/C18H28N2O3/c1-13(2)19-18(22)14-7-9-20(10-8-14)12-17(21)15-5-4-6-16(11-15)23-3/h4-6,11,13-14,17,21H,7-10,12H2,1-3H3,(H,19,22). The first-order chi connectivity index (χ1) is 11.0. The van der Waals surface area contributed by atoms with E-state index in [0.29, 0.717) is 6.54 Å². The summed E-state index contributed by atoms with van der Waals surface area (Å²) >= 11 is 0. The largest absolute Gasteiger partial charge is 0.497 e. The van der Waals surface area contributed by atoms with Crippen molar-refractivity contribution in [3.05, 3.63) is 29.8 Å². The Morgan fingerprint density at radius 1 is 1.39 bits per heavy atom. The molecule has 1 aromatic rings. The van der Waals surface area contributed by atoms with Crippen LogP contribution < -0.4 is 10.1 Å². The van der Waals surface area contributed by atoms with Crippen LogP contribution in [0.2, 0.25) is 0 Å². The Morgan fingerprint density at radius 2 is 2.09 bits per heavy atom. The maximum atomic E-state index is 12.0. The molecule has 1 aromatic carbocycles. The molecule has 23 heavy (non-hydrogen) atoms. The lowest BCUT2D eigenvalue weighted by Gasteiger charge is -2.33. The van der Waals surface area contributed by atoms with Gasteiger partial charge in [-0.2, -0.15) is 0 Å². The van der Waals surface area contributed by atoms with E-state index in [1.54, 1.807) is 7.11 Å². The van der Waals surface area contributed by atoms with Crippen molar-refractivity contribution >= 4 is 5.91 Å². The number of carbonyl (C=O) groups excluding carboxylic acids is 1. The molecule has 0 bridgehead atoms. The number of benzene rings is 1. The molecule has 1 fully saturated rings. The Morgan fingerprint density at radius 3 is 2.70 bits per heavy atom. The van der Waals surface area contributed by atoms with Crippen LogP contribution in [-0.4, -0.2) is 48.7 Å². The summed E-state index contributed by atoms with van der Waals surface area (Å²) in [7, 11) is 1.62. The molecule has 128 valence electrons. The fourth-order valence-electron chi connectivity index (χ4n) is 2.98. The van der Waals surface area contributed by atoms with Gasteiger partial charge >= 0.3 is 0 Å². The molecule has 2 rings (SSSR count). The number of methoxy groups -OCH3 is 1. The second kappa shape index (κ2) is 8.31. The van der Waals surface area contributed by atoms with E-state index >= 15 is 0 Å². The lowest BCUT2D eigenvalue weighted by molar-refractivity contribution is -0.127. The van der Waals surface area contributed by atoms with Gasteiger partial charge in [0.15, 0.2) is 0 Å². The summed E-state index contributed by atoms with van der Waals surface area (Å²) in [6.07, 6.45) is 1.17. The van der Waals surface area contributed by atoms with Gasteiger partial charge in [0.1, 0.15) is 5.75 Å². The quantitative estimate of drug-likeness (QED) is 0.841. The van der Waals surface area contributed by atoms with Gasteiger partial charge in [-0.1, -0.05) is 12.1 Å². The molecule has 5 heteroatoms. The van der Waals surface area contributed by atoms with E-state index in [4.69, 9.17) is 4.74 Å². The number of amides is 1. The summed E-state index contributed by atoms with van der Waals surface area (Å²) in [5.74, 6) is 1.02. The van der Waals surface area contributed by atoms with Crippen molar-refractivity contribution in [1.29, 1.82) is 0 Å². The van der Waals surface area contributed by atoms with Crippen molar-refractivity contribution < 1.29 is 14.6 Å². The monoisotopic (exact) mass is 320 g/mol. The number of hydrogen-bond acceptors (Lipinski definition) is 4. The van der Waals surface area contributed by atoms with E-state index < -0.39 is 6.10 Å². The second-order valence-corrected chi connectivity index (χ2v) is 6.53. The molecule has 2 N–H and O–H groups in total. The van der Waals surface area contributed by atoms with Gasteiger partial charge in [0, 0.05) is 18.5 Å². The van der Waals surface area contributed by atoms with Crippen LogP contribution >= 0.6 is 0 Å². The van der Waals surface area contributed by atoms with Crippen LogP contribution in [0.5, 0.6) is 5.75 Å². The van der Waals surface area contributed by atoms with Crippen molar-refractivity contribution in [1.82, 2.24) is 10.2 Å². The molecule has 0 aliphatic carbocycles. The lowest BCUT2D eigenvalue weighted by atomic mass is 9.95. The normalized spacial score (nSPS) is 18.0. The maximum Gasteiger partial charge on any atom is 0.223 e. The van der Waals surface area contributed by atoms with E-state index in [0.717, 1.165) is 37.2 Å². The summed E-state index contributed by atoms with van der Waals surface area (Å²) in [6.45, 7) is 6.25. The highest BCUT2D eigenvalue weighted by molar-refractivity contribution is 5.78. The van der Waals surface area contributed by atoms with Crippen LogP contribution in [0.1, 0.15) is 38.4 Å². The van der Waals surface area contributed by atoms with Crippen LogP contribution in [0.4, 0.5) is 0 Å². The molecule has 1 atom stereocenters. The van der Waals surface area contributed by atoms with Crippen LogP contribution in [0.15, 0.2) is 24.3 Å². The number of aliphatic hydroxyl groups excluding tert-OH is 1. The molecule has 1 amide bonds. The number of piperidine rings is 1. The summed E-state index contributed by atoms with van der Waals surface area (Å²) in [5, 5.41) is 13.4. The number of nitrogens with zero attached hydrogens (tertiary/aromatic N) is 1. The molecule has 0 spiro atoms. The summed E-state index contributed by atoms with van der Waals surface area (Å²) < 4.78 is 5.20. The van der Waals surface area contributed by atoms with Crippen molar-refractivity contribution in [2.75, 3.05) is 26.7 Å². The second-order valence-electron chi connectivity index (χ2n) is 6.53. The Kier molecular flexibility index (Phi) is 6.42. The Bertz CT molecular complexity index is 511. The van der Waals surface area contributed by atoms with E-state index in [2.05, 4.69) is 10.2 Å². The minimum atomic E-state index is -0.536. The zero-order valence-corrected chi connectivity index (χ0v) is 14.3. The zero-order valence-electron chi connectivity index (χ0n) is 14.3. The molecule has 1 aliphatic heterocycles. The fraction of sp³-hybridized carbons (Fsp3) is 0.611. The minimum absolute atomic E-state index is 0.0996. The van der Waals surface area contributed by atoms with E-state index in [-0.39, 0.29) is 17.9 Å². The molecule has 1 heterocycles. The van der Waals surface area contributed by atoms with Gasteiger partial charge in [-0.05, 0) is 57.5 Å². The molecule has 0 saturated carbocycles. The van der Waals surface area contributed by atoms with Gasteiger partial charge in [0.05, 0.1) is 13.2 Å². The van der Waals surface area contributed by atoms with Crippen LogP contribution in [0, 0.1) is 5.92 Å². The number of likely N-dealkylation sites (tertiary alicyclic amines) is 1. The fourth-order valence-corrected chi connectivity index (χ4v) is 2.98. The third-order valence-corrected chi connectivity index (χ3v) is 4.30. The average molecular weight is 320 g/mol. The number of β-amino-alcohol motifs (C(OH)–C–C–N with tert-alkyl or cyclic N) is 1. The number of hydrogen-bond donors (Lipinski definition) is 2. The molecule has 1 aliphatic rings. The third kappa shape index (κ3) is 5.22. The van der Waals surface area contributed by atoms with E-state index in [1.807, 2.05) is 38.1 Å². The van der Waals surface area contributed by atoms with Crippen molar-refractivity contribution in [2.45, 2.75) is 38.8 Å². The van der Waals surface area contributed by atoms with Gasteiger partial charge < -0.3 is 20.1 Å². The lowest BCUT2D eigenvalue weighted by Crippen LogP contribution is -2.43. The smallest absolute Gasteiger partial charge is 0.223 e. The number of carbonyl (C=O) groups is 1. The zero-order chi connectivity index (χ0) is 16.8. The van der Waals surface area contributed by atoms with Crippen LogP contribution in [0.3, 0.4) is 0 Å². The predicted octanol–water partition coefficient (Wildman–Crippen LogP) is 1.97. The number of ether oxygens (including phenoxy) is 1. The summed E-state index contributed by atoms with van der Waals surface area (Å²) in [4.78, 5) is 14.3. The summed E-state index contributed by atoms with van der Waals surface area (Å²) in [5.41, 5.74) is 0.865. The van der Waals surface area contributed by atoms with Crippen molar-refractivity contribution in [3.63, 3.8) is 0 Å². The first-order valence-corrected chi connectivity index (χ1v) is 8.34. The molecular formula is C18H28N2O3. The van der Waals surface area contributed by atoms with Gasteiger partial charge in [0.2, 0.25) is 5.91 Å². The highest BCUT2D eigenvalue weighted by Crippen LogP contribution is 2.23.